The molecule has 1 aromatic rings. The quantitative estimate of drug-likeness (QED) is 0.793. The van der Waals surface area contributed by atoms with Crippen molar-refractivity contribution in [2.45, 2.75) is 12.5 Å². The van der Waals surface area contributed by atoms with Gasteiger partial charge >= 0.3 is 0 Å². The van der Waals surface area contributed by atoms with Gasteiger partial charge in [-0.3, -0.25) is 9.69 Å². The van der Waals surface area contributed by atoms with Crippen LogP contribution in [-0.2, 0) is 9.53 Å². The molecule has 106 valence electrons. The highest BCUT2D eigenvalue weighted by atomic mass is 16.5. The Labute approximate surface area is 118 Å². The number of anilines is 2. The van der Waals surface area contributed by atoms with Crippen molar-refractivity contribution in [2.75, 3.05) is 37.3 Å². The van der Waals surface area contributed by atoms with Gasteiger partial charge in [0.2, 0.25) is 5.91 Å². The van der Waals surface area contributed by atoms with Crippen LogP contribution >= 0.6 is 0 Å². The number of benzene rings is 1. The van der Waals surface area contributed by atoms with Gasteiger partial charge in [0.25, 0.3) is 0 Å². The topological polar surface area (TPSA) is 91.4 Å². The van der Waals surface area contributed by atoms with Crippen LogP contribution in [0.3, 0.4) is 0 Å². The zero-order chi connectivity index (χ0) is 14.4. The Morgan fingerprint density at radius 1 is 1.50 bits per heavy atom. The van der Waals surface area contributed by atoms with Crippen LogP contribution in [0.5, 0.6) is 0 Å². The summed E-state index contributed by atoms with van der Waals surface area (Å²) in [6.07, 6.45) is 0.00613. The van der Waals surface area contributed by atoms with Crippen molar-refractivity contribution in [3.05, 3.63) is 24.3 Å². The van der Waals surface area contributed by atoms with Crippen LogP contribution in [0, 0.1) is 11.3 Å². The molecule has 20 heavy (non-hydrogen) atoms. The fraction of sp³-hybridized carbons (Fsp3) is 0.429. The first kappa shape index (κ1) is 14.3. The lowest BCUT2D eigenvalue weighted by Crippen LogP contribution is -2.42. The van der Waals surface area contributed by atoms with Crippen LogP contribution in [0.2, 0.25) is 0 Å². The van der Waals surface area contributed by atoms with Gasteiger partial charge in [0.1, 0.15) is 0 Å². The summed E-state index contributed by atoms with van der Waals surface area (Å²) in [6, 6.07) is 9.12. The molecule has 1 fully saturated rings. The second-order valence-corrected chi connectivity index (χ2v) is 4.71. The molecule has 1 amide bonds. The normalized spacial score (nSPS) is 19.2. The van der Waals surface area contributed by atoms with Crippen molar-refractivity contribution < 1.29 is 9.53 Å². The SMILES string of the molecule is N#CC1CN(CCC(=O)Nc2ccc(N)cc2)CCO1. The number of nitrogens with one attached hydrogen (secondary N) is 1. The number of nitriles is 1. The van der Waals surface area contributed by atoms with E-state index in [1.54, 1.807) is 24.3 Å². The molecule has 2 rings (SSSR count). The third-order valence-electron chi connectivity index (χ3n) is 3.14. The first-order valence-corrected chi connectivity index (χ1v) is 6.56. The van der Waals surface area contributed by atoms with E-state index in [9.17, 15) is 4.79 Å². The predicted octanol–water partition coefficient (Wildman–Crippen LogP) is 0.822. The second kappa shape index (κ2) is 6.89. The van der Waals surface area contributed by atoms with Crippen LogP contribution in [0.25, 0.3) is 0 Å². The molecule has 1 atom stereocenters. The predicted molar refractivity (Wildman–Crippen MR) is 75.9 cm³/mol. The number of rotatable bonds is 4. The molecule has 1 aliphatic heterocycles. The van der Waals surface area contributed by atoms with Gasteiger partial charge in [-0.25, -0.2) is 0 Å². The van der Waals surface area contributed by atoms with Gasteiger partial charge < -0.3 is 15.8 Å². The number of carbonyl (C=O) groups is 1. The number of nitrogen functional groups attached to an aromatic ring is 1. The summed E-state index contributed by atoms with van der Waals surface area (Å²) in [5, 5.41) is 11.6. The molecule has 1 aromatic carbocycles. The lowest BCUT2D eigenvalue weighted by Gasteiger charge is -2.29. The lowest BCUT2D eigenvalue weighted by atomic mass is 10.2. The van der Waals surface area contributed by atoms with Gasteiger partial charge in [0, 0.05) is 37.4 Å². The van der Waals surface area contributed by atoms with E-state index >= 15 is 0 Å². The first-order valence-electron chi connectivity index (χ1n) is 6.56. The summed E-state index contributed by atoms with van der Waals surface area (Å²) >= 11 is 0. The van der Waals surface area contributed by atoms with E-state index in [4.69, 9.17) is 15.7 Å². The highest BCUT2D eigenvalue weighted by molar-refractivity contribution is 5.90. The molecular formula is C14H18N4O2. The molecule has 0 saturated carbocycles. The summed E-state index contributed by atoms with van der Waals surface area (Å²) in [6.45, 7) is 2.49. The lowest BCUT2D eigenvalue weighted by molar-refractivity contribution is -0.116. The van der Waals surface area contributed by atoms with Crippen LogP contribution < -0.4 is 11.1 Å². The Morgan fingerprint density at radius 2 is 2.25 bits per heavy atom. The highest BCUT2D eigenvalue weighted by Crippen LogP contribution is 2.11. The molecule has 6 nitrogen and oxygen atoms in total. The summed E-state index contributed by atoms with van der Waals surface area (Å²) in [4.78, 5) is 13.9. The molecule has 3 N–H and O–H groups in total. The van der Waals surface area contributed by atoms with Crippen molar-refractivity contribution in [2.24, 2.45) is 0 Å². The number of amides is 1. The van der Waals surface area contributed by atoms with Crippen LogP contribution in [-0.4, -0.2) is 43.2 Å². The van der Waals surface area contributed by atoms with E-state index in [-0.39, 0.29) is 12.0 Å². The standard InChI is InChI=1S/C14H18N4O2/c15-9-13-10-18(7-8-20-13)6-5-14(19)17-12-3-1-11(16)2-4-12/h1-4,13H,5-8,10,16H2,(H,17,19). The summed E-state index contributed by atoms with van der Waals surface area (Å²) in [5.74, 6) is -0.0465. The fourth-order valence-electron chi connectivity index (χ4n) is 2.03. The molecule has 1 aliphatic rings. The van der Waals surface area contributed by atoms with Gasteiger partial charge in [-0.2, -0.15) is 5.26 Å². The third kappa shape index (κ3) is 4.23. The minimum Gasteiger partial charge on any atom is -0.399 e. The van der Waals surface area contributed by atoms with E-state index in [2.05, 4.69) is 16.3 Å². The Balaban J connectivity index is 1.75. The maximum atomic E-state index is 11.8. The number of nitrogens with two attached hydrogens (primary N) is 1. The van der Waals surface area contributed by atoms with E-state index in [0.717, 1.165) is 12.2 Å². The average Bonchev–Trinajstić information content (AvgIpc) is 2.48. The molecule has 1 saturated heterocycles. The minimum atomic E-state index is -0.385. The Hall–Kier alpha value is -2.10. The Kier molecular flexibility index (Phi) is 4.93. The molecule has 6 heteroatoms. The van der Waals surface area contributed by atoms with E-state index in [1.165, 1.54) is 0 Å². The van der Waals surface area contributed by atoms with Crippen molar-refractivity contribution in [3.8, 4) is 6.07 Å². The van der Waals surface area contributed by atoms with Gasteiger partial charge in [-0.1, -0.05) is 0 Å². The zero-order valence-corrected chi connectivity index (χ0v) is 11.2. The van der Waals surface area contributed by atoms with Crippen molar-refractivity contribution >= 4 is 17.3 Å². The minimum absolute atomic E-state index is 0.0465. The summed E-state index contributed by atoms with van der Waals surface area (Å²) in [7, 11) is 0. The third-order valence-corrected chi connectivity index (χ3v) is 3.14. The molecule has 1 heterocycles. The first-order chi connectivity index (χ1) is 9.67. The molecule has 1 unspecified atom stereocenters. The Morgan fingerprint density at radius 3 is 2.95 bits per heavy atom. The van der Waals surface area contributed by atoms with Crippen LogP contribution in [0.1, 0.15) is 6.42 Å². The largest absolute Gasteiger partial charge is 0.399 e. The van der Waals surface area contributed by atoms with Gasteiger partial charge in [-0.15, -0.1) is 0 Å². The van der Waals surface area contributed by atoms with Crippen molar-refractivity contribution in [1.29, 1.82) is 5.26 Å². The van der Waals surface area contributed by atoms with Crippen LogP contribution in [0.4, 0.5) is 11.4 Å². The van der Waals surface area contributed by atoms with E-state index < -0.39 is 0 Å². The highest BCUT2D eigenvalue weighted by Gasteiger charge is 2.20. The van der Waals surface area contributed by atoms with E-state index in [1.807, 2.05) is 0 Å². The second-order valence-electron chi connectivity index (χ2n) is 4.71. The summed E-state index contributed by atoms with van der Waals surface area (Å²) < 4.78 is 5.26. The van der Waals surface area contributed by atoms with Crippen molar-refractivity contribution in [3.63, 3.8) is 0 Å². The molecule has 0 spiro atoms. The summed E-state index contributed by atoms with van der Waals surface area (Å²) in [5.41, 5.74) is 6.99. The zero-order valence-electron chi connectivity index (χ0n) is 11.2. The number of nitrogens with zero attached hydrogens (tertiary/aromatic N) is 2. The average molecular weight is 274 g/mol. The maximum Gasteiger partial charge on any atom is 0.225 e. The fourth-order valence-corrected chi connectivity index (χ4v) is 2.03. The number of morpholine rings is 1. The van der Waals surface area contributed by atoms with Crippen LogP contribution in [0.15, 0.2) is 24.3 Å². The monoisotopic (exact) mass is 274 g/mol. The molecule has 0 aromatic heterocycles. The number of hydrogen-bond acceptors (Lipinski definition) is 5. The Bertz CT molecular complexity index is 495. The van der Waals surface area contributed by atoms with Gasteiger partial charge in [-0.05, 0) is 24.3 Å². The van der Waals surface area contributed by atoms with Gasteiger partial charge in [0.15, 0.2) is 6.10 Å². The molecule has 0 radical (unpaired) electrons. The molecule has 0 bridgehead atoms. The molecule has 0 aliphatic carbocycles. The van der Waals surface area contributed by atoms with Gasteiger partial charge in [0.05, 0.1) is 12.7 Å². The number of hydrogen-bond donors (Lipinski definition) is 2. The van der Waals surface area contributed by atoms with Crippen molar-refractivity contribution in [1.82, 2.24) is 4.90 Å². The van der Waals surface area contributed by atoms with E-state index in [0.29, 0.717) is 31.8 Å². The number of ether oxygens (including phenoxy) is 1. The number of carbonyl (C=O) groups excluding carboxylic acids is 1. The smallest absolute Gasteiger partial charge is 0.225 e. The maximum absolute atomic E-state index is 11.8. The molecular weight excluding hydrogens is 256 g/mol.